The van der Waals surface area contributed by atoms with Crippen molar-refractivity contribution >= 4 is 34.8 Å². The molecule has 2 aliphatic heterocycles. The molecule has 9 heteroatoms. The number of pyridine rings is 1. The molecule has 3 heterocycles. The van der Waals surface area contributed by atoms with Crippen molar-refractivity contribution in [3.05, 3.63) is 76.3 Å². The number of β-amino-alcohol motifs (C(OH)–C–C–N with tert-alkyl or cyclic N) is 1. The van der Waals surface area contributed by atoms with Crippen LogP contribution in [0.4, 0.5) is 15.8 Å². The number of likely N-dealkylation sites (tertiary alicyclic amines) is 1. The number of carbonyl (C=O) groups is 2. The smallest absolute Gasteiger partial charge is 0.272 e. The van der Waals surface area contributed by atoms with Gasteiger partial charge in [-0.05, 0) is 79.1 Å². The number of hydrogen-bond acceptors (Lipinski definition) is 5. The Morgan fingerprint density at radius 3 is 2.54 bits per heavy atom. The SMILES string of the molecule is Cc1cnc(C(=O)N2CC(C)(O)C2)cc1-c1ccc(N(C)C(=O)c2c(F)cccc2Cl)c(N2CC3CC3C2)c1. The number of anilines is 2. The molecule has 2 saturated heterocycles. The van der Waals surface area contributed by atoms with Crippen LogP contribution in [0.25, 0.3) is 11.1 Å². The van der Waals surface area contributed by atoms with Gasteiger partial charge in [-0.3, -0.25) is 14.6 Å². The van der Waals surface area contributed by atoms with E-state index in [-0.39, 0.29) is 29.6 Å². The Bertz CT molecular complexity index is 1470. The van der Waals surface area contributed by atoms with Gasteiger partial charge in [0.05, 0.1) is 40.7 Å². The number of piperidine rings is 1. The molecule has 0 radical (unpaired) electrons. The van der Waals surface area contributed by atoms with E-state index < -0.39 is 17.3 Å². The number of rotatable bonds is 5. The van der Waals surface area contributed by atoms with Crippen molar-refractivity contribution in [2.75, 3.05) is 43.0 Å². The van der Waals surface area contributed by atoms with Crippen molar-refractivity contribution < 1.29 is 19.1 Å². The van der Waals surface area contributed by atoms with E-state index in [1.54, 1.807) is 31.1 Å². The van der Waals surface area contributed by atoms with Gasteiger partial charge in [0, 0.05) is 26.3 Å². The van der Waals surface area contributed by atoms with Crippen molar-refractivity contribution in [3.8, 4) is 11.1 Å². The molecule has 1 N–H and O–H groups in total. The Balaban J connectivity index is 1.37. The second-order valence-electron chi connectivity index (χ2n) is 11.4. The maximum absolute atomic E-state index is 14.6. The third kappa shape index (κ3) is 4.66. The summed E-state index contributed by atoms with van der Waals surface area (Å²) in [6.45, 7) is 6.01. The summed E-state index contributed by atoms with van der Waals surface area (Å²) in [5.74, 6) is -0.0808. The molecule has 7 nitrogen and oxygen atoms in total. The number of aryl methyl sites for hydroxylation is 1. The second kappa shape index (κ2) is 9.31. The molecular formula is C30H30ClFN4O3. The zero-order valence-corrected chi connectivity index (χ0v) is 22.9. The lowest BCUT2D eigenvalue weighted by atomic mass is 9.95. The van der Waals surface area contributed by atoms with Crippen LogP contribution in [0, 0.1) is 24.6 Å². The van der Waals surface area contributed by atoms with Crippen LogP contribution in [-0.4, -0.2) is 65.6 Å². The molecule has 0 spiro atoms. The minimum absolute atomic E-state index is 0.0701. The molecule has 2 aromatic carbocycles. The Kier molecular flexibility index (Phi) is 6.15. The van der Waals surface area contributed by atoms with Gasteiger partial charge in [-0.1, -0.05) is 23.7 Å². The number of halogens is 2. The molecule has 3 aliphatic rings. The third-order valence-electron chi connectivity index (χ3n) is 8.12. The molecule has 3 aromatic rings. The standard InChI is InChI=1S/C30H30ClFN4O3/c1-17-12-33-24(28(37)36-15-30(2,39)16-36)11-21(17)18-7-8-25(26(10-18)35-13-19-9-20(19)14-35)34(3)29(38)27-22(31)5-4-6-23(27)32/h4-8,10-12,19-20,39H,9,13-16H2,1-3H3. The minimum Gasteiger partial charge on any atom is -0.386 e. The van der Waals surface area contributed by atoms with Gasteiger partial charge in [0.2, 0.25) is 0 Å². The van der Waals surface area contributed by atoms with Crippen molar-refractivity contribution in [2.45, 2.75) is 25.9 Å². The fourth-order valence-electron chi connectivity index (χ4n) is 5.84. The Morgan fingerprint density at radius 1 is 1.15 bits per heavy atom. The van der Waals surface area contributed by atoms with Crippen LogP contribution in [0.15, 0.2) is 48.7 Å². The van der Waals surface area contributed by atoms with Gasteiger partial charge in [0.1, 0.15) is 11.5 Å². The Morgan fingerprint density at radius 2 is 1.87 bits per heavy atom. The molecule has 1 aliphatic carbocycles. The number of benzene rings is 2. The van der Waals surface area contributed by atoms with Crippen LogP contribution in [0.2, 0.25) is 5.02 Å². The maximum atomic E-state index is 14.6. The molecule has 202 valence electrons. The van der Waals surface area contributed by atoms with Gasteiger partial charge in [-0.15, -0.1) is 0 Å². The first-order valence-electron chi connectivity index (χ1n) is 13.1. The Labute approximate surface area is 231 Å². The fourth-order valence-corrected chi connectivity index (χ4v) is 6.08. The second-order valence-corrected chi connectivity index (χ2v) is 11.8. The average molecular weight is 549 g/mol. The van der Waals surface area contributed by atoms with Gasteiger partial charge in [-0.2, -0.15) is 0 Å². The van der Waals surface area contributed by atoms with Crippen LogP contribution in [-0.2, 0) is 0 Å². The summed E-state index contributed by atoms with van der Waals surface area (Å²) in [7, 11) is 1.64. The molecule has 6 rings (SSSR count). The zero-order valence-electron chi connectivity index (χ0n) is 22.1. The lowest BCUT2D eigenvalue weighted by Crippen LogP contribution is -2.61. The summed E-state index contributed by atoms with van der Waals surface area (Å²) in [4.78, 5) is 36.1. The molecule has 2 atom stereocenters. The fraction of sp³-hybridized carbons (Fsp3) is 0.367. The summed E-state index contributed by atoms with van der Waals surface area (Å²) in [5.41, 5.74) is 3.52. The quantitative estimate of drug-likeness (QED) is 0.496. The number of hydrogen-bond donors (Lipinski definition) is 1. The number of carbonyl (C=O) groups excluding carboxylic acids is 2. The van der Waals surface area contributed by atoms with Gasteiger partial charge in [0.25, 0.3) is 11.8 Å². The zero-order chi connectivity index (χ0) is 27.6. The monoisotopic (exact) mass is 548 g/mol. The van der Waals surface area contributed by atoms with E-state index >= 15 is 0 Å². The van der Waals surface area contributed by atoms with Gasteiger partial charge < -0.3 is 19.8 Å². The average Bonchev–Trinajstić information content (AvgIpc) is 3.50. The minimum atomic E-state index is -0.860. The lowest BCUT2D eigenvalue weighted by Gasteiger charge is -2.43. The molecule has 3 fully saturated rings. The van der Waals surface area contributed by atoms with Crippen molar-refractivity contribution in [1.29, 1.82) is 0 Å². The van der Waals surface area contributed by atoms with Crippen molar-refractivity contribution in [2.24, 2.45) is 11.8 Å². The van der Waals surface area contributed by atoms with E-state index in [4.69, 9.17) is 11.6 Å². The molecule has 0 bridgehead atoms. The summed E-state index contributed by atoms with van der Waals surface area (Å²) in [5, 5.41) is 10.1. The summed E-state index contributed by atoms with van der Waals surface area (Å²) in [6.07, 6.45) is 2.92. The van der Waals surface area contributed by atoms with Crippen molar-refractivity contribution in [3.63, 3.8) is 0 Å². The van der Waals surface area contributed by atoms with Crippen LogP contribution in [0.3, 0.4) is 0 Å². The van der Waals surface area contributed by atoms with Gasteiger partial charge in [0.15, 0.2) is 0 Å². The highest BCUT2D eigenvalue weighted by atomic mass is 35.5. The van der Waals surface area contributed by atoms with E-state index in [9.17, 15) is 19.1 Å². The first-order chi connectivity index (χ1) is 18.5. The normalized spacial score (nSPS) is 20.9. The van der Waals surface area contributed by atoms with E-state index in [0.29, 0.717) is 23.2 Å². The highest BCUT2D eigenvalue weighted by Crippen LogP contribution is 2.48. The number of aromatic nitrogens is 1. The maximum Gasteiger partial charge on any atom is 0.272 e. The highest BCUT2D eigenvalue weighted by molar-refractivity contribution is 6.34. The first-order valence-corrected chi connectivity index (χ1v) is 13.5. The van der Waals surface area contributed by atoms with Crippen LogP contribution >= 0.6 is 11.6 Å². The van der Waals surface area contributed by atoms with E-state index in [1.165, 1.54) is 29.5 Å². The summed E-state index contributed by atoms with van der Waals surface area (Å²) in [6, 6.07) is 11.8. The van der Waals surface area contributed by atoms with Crippen molar-refractivity contribution in [1.82, 2.24) is 9.88 Å². The molecule has 1 aromatic heterocycles. The van der Waals surface area contributed by atoms with Crippen LogP contribution in [0.1, 0.15) is 39.8 Å². The van der Waals surface area contributed by atoms with Gasteiger partial charge >= 0.3 is 0 Å². The molecule has 1 saturated carbocycles. The predicted octanol–water partition coefficient (Wildman–Crippen LogP) is 4.79. The molecular weight excluding hydrogens is 519 g/mol. The van der Waals surface area contributed by atoms with Crippen LogP contribution < -0.4 is 9.80 Å². The summed E-state index contributed by atoms with van der Waals surface area (Å²) < 4.78 is 14.6. The largest absolute Gasteiger partial charge is 0.386 e. The van der Waals surface area contributed by atoms with E-state index in [1.807, 2.05) is 25.1 Å². The van der Waals surface area contributed by atoms with E-state index in [0.717, 1.165) is 35.5 Å². The Hall–Kier alpha value is -3.49. The lowest BCUT2D eigenvalue weighted by molar-refractivity contribution is -0.0670. The molecule has 2 unspecified atom stereocenters. The predicted molar refractivity (Wildman–Crippen MR) is 149 cm³/mol. The topological polar surface area (TPSA) is 77.0 Å². The van der Waals surface area contributed by atoms with E-state index in [2.05, 4.69) is 9.88 Å². The third-order valence-corrected chi connectivity index (χ3v) is 8.44. The summed E-state index contributed by atoms with van der Waals surface area (Å²) >= 11 is 6.21. The number of nitrogens with zero attached hydrogens (tertiary/aromatic N) is 4. The highest BCUT2D eigenvalue weighted by Gasteiger charge is 2.46. The first kappa shape index (κ1) is 25.8. The molecule has 39 heavy (non-hydrogen) atoms. The molecule has 2 amide bonds. The van der Waals surface area contributed by atoms with Crippen LogP contribution in [0.5, 0.6) is 0 Å². The number of aliphatic hydroxyl groups is 1. The van der Waals surface area contributed by atoms with Gasteiger partial charge in [-0.25, -0.2) is 4.39 Å². The number of fused-ring (bicyclic) bond motifs is 1. The number of amides is 2.